The zero-order chi connectivity index (χ0) is 24.7. The minimum absolute atomic E-state index is 0.117. The van der Waals surface area contributed by atoms with Crippen LogP contribution in [0.3, 0.4) is 0 Å². The number of rotatable bonds is 12. The zero-order valence-electron chi connectivity index (χ0n) is 20.0. The summed E-state index contributed by atoms with van der Waals surface area (Å²) < 4.78 is 44.9. The van der Waals surface area contributed by atoms with Crippen molar-refractivity contribution in [2.24, 2.45) is 5.92 Å². The summed E-state index contributed by atoms with van der Waals surface area (Å²) in [5.41, 5.74) is 3.64. The van der Waals surface area contributed by atoms with Crippen LogP contribution in [-0.2, 0) is 25.9 Å². The highest BCUT2D eigenvalue weighted by Gasteiger charge is 2.32. The molecule has 0 saturated carbocycles. The molecule has 0 aliphatic rings. The van der Waals surface area contributed by atoms with Crippen LogP contribution in [-0.4, -0.2) is 52.3 Å². The Bertz CT molecular complexity index is 1170. The lowest BCUT2D eigenvalue weighted by Crippen LogP contribution is -2.34. The maximum atomic E-state index is 13.9. The molecule has 1 unspecified atom stereocenters. The number of methoxy groups -OCH3 is 1. The van der Waals surface area contributed by atoms with Gasteiger partial charge in [0.15, 0.2) is 0 Å². The molecule has 1 heterocycles. The smallest absolute Gasteiger partial charge is 0.269 e. The topological polar surface area (TPSA) is 102 Å². The van der Waals surface area contributed by atoms with E-state index >= 15 is 0 Å². The van der Waals surface area contributed by atoms with Gasteiger partial charge in [-0.3, -0.25) is 0 Å². The Kier molecular flexibility index (Phi) is 8.84. The molecule has 0 aliphatic heterocycles. The summed E-state index contributed by atoms with van der Waals surface area (Å²) >= 11 is 0. The van der Waals surface area contributed by atoms with Gasteiger partial charge < -0.3 is 19.1 Å². The monoisotopic (exact) mass is 488 g/mol. The zero-order valence-corrected chi connectivity index (χ0v) is 20.8. The van der Waals surface area contributed by atoms with Crippen LogP contribution in [0.5, 0.6) is 0 Å². The molecule has 184 valence electrons. The number of sulfonamides is 1. The molecule has 9 heteroatoms. The van der Waals surface area contributed by atoms with Crippen molar-refractivity contribution in [3.63, 3.8) is 0 Å². The molecule has 1 atom stereocenters. The fraction of sp³-hybridized carbons (Fsp3) is 0.400. The summed E-state index contributed by atoms with van der Waals surface area (Å²) in [7, 11) is -2.51. The third kappa shape index (κ3) is 5.85. The van der Waals surface area contributed by atoms with Crippen LogP contribution >= 0.6 is 0 Å². The Labute approximate surface area is 201 Å². The van der Waals surface area contributed by atoms with Gasteiger partial charge in [0.25, 0.3) is 10.0 Å². The fourth-order valence-electron chi connectivity index (χ4n) is 3.50. The molecule has 34 heavy (non-hydrogen) atoms. The van der Waals surface area contributed by atoms with Gasteiger partial charge in [0.1, 0.15) is 6.73 Å². The van der Waals surface area contributed by atoms with Crippen molar-refractivity contribution in [2.75, 3.05) is 38.0 Å². The van der Waals surface area contributed by atoms with Gasteiger partial charge in [-0.15, -0.1) is 0 Å². The van der Waals surface area contributed by atoms with Gasteiger partial charge in [-0.2, -0.15) is 0 Å². The number of hydrogen-bond donors (Lipinski definition) is 1. The van der Waals surface area contributed by atoms with Gasteiger partial charge in [0.05, 0.1) is 23.8 Å². The molecule has 0 saturated heterocycles. The second-order valence-electron chi connectivity index (χ2n) is 8.27. The second kappa shape index (κ2) is 11.6. The van der Waals surface area contributed by atoms with Crippen molar-refractivity contribution >= 4 is 15.9 Å². The lowest BCUT2D eigenvalue weighted by Gasteiger charge is -2.23. The molecule has 0 radical (unpaired) electrons. The first kappa shape index (κ1) is 25.9. The quantitative estimate of drug-likeness (QED) is 0.304. The summed E-state index contributed by atoms with van der Waals surface area (Å²) in [6.45, 7) is 5.93. The first-order chi connectivity index (χ1) is 16.3. The van der Waals surface area contributed by atoms with Crippen LogP contribution in [0.4, 0.5) is 5.88 Å². The molecule has 0 aliphatic carbocycles. The number of hydrogen-bond acceptors (Lipinski definition) is 7. The highest BCUT2D eigenvalue weighted by atomic mass is 32.2. The van der Waals surface area contributed by atoms with Crippen LogP contribution in [0.15, 0.2) is 57.9 Å². The highest BCUT2D eigenvalue weighted by Crippen LogP contribution is 2.34. The van der Waals surface area contributed by atoms with Crippen LogP contribution in [0, 0.1) is 19.8 Å². The number of aromatic nitrogens is 1. The number of ether oxygens (including phenoxy) is 2. The predicted octanol–water partition coefficient (Wildman–Crippen LogP) is 3.95. The maximum absolute atomic E-state index is 13.9. The largest absolute Gasteiger partial charge is 0.396 e. The lowest BCUT2D eigenvalue weighted by atomic mass is 9.98. The SMILES string of the molecule is COCCOCN(c1onc(C)c1C)S(=O)(=O)c1ccccc1-c1ccc(CC(C)CO)cc1. The summed E-state index contributed by atoms with van der Waals surface area (Å²) in [5.74, 6) is 0.275. The molecule has 0 spiro atoms. The van der Waals surface area contributed by atoms with E-state index < -0.39 is 10.0 Å². The van der Waals surface area contributed by atoms with E-state index in [2.05, 4.69) is 5.16 Å². The standard InChI is InChI=1S/C25H32N2O6S/c1-18(16-28)15-21-9-11-22(12-10-21)23-7-5-6-8-24(23)34(29,30)27(17-32-14-13-31-4)25-19(2)20(3)26-33-25/h5-12,18,28H,13-17H2,1-4H3. The minimum atomic E-state index is -4.06. The number of anilines is 1. The molecule has 8 nitrogen and oxygen atoms in total. The van der Waals surface area contributed by atoms with Crippen molar-refractivity contribution in [1.82, 2.24) is 5.16 Å². The third-order valence-corrected chi connectivity index (χ3v) is 7.38. The van der Waals surface area contributed by atoms with Crippen molar-refractivity contribution < 1.29 is 27.5 Å². The Morgan fingerprint density at radius 1 is 1.09 bits per heavy atom. The molecule has 3 rings (SSSR count). The Balaban J connectivity index is 2.00. The Morgan fingerprint density at radius 2 is 1.79 bits per heavy atom. The van der Waals surface area contributed by atoms with Gasteiger partial charge in [-0.1, -0.05) is 54.5 Å². The van der Waals surface area contributed by atoms with Crippen molar-refractivity contribution in [3.8, 4) is 11.1 Å². The maximum Gasteiger partial charge on any atom is 0.269 e. The molecule has 1 aromatic heterocycles. The summed E-state index contributed by atoms with van der Waals surface area (Å²) in [5, 5.41) is 13.2. The molecular weight excluding hydrogens is 456 g/mol. The van der Waals surface area contributed by atoms with Crippen LogP contribution in [0.25, 0.3) is 11.1 Å². The van der Waals surface area contributed by atoms with Gasteiger partial charge in [-0.05, 0) is 43.4 Å². The average molecular weight is 489 g/mol. The van der Waals surface area contributed by atoms with E-state index in [9.17, 15) is 13.5 Å². The molecule has 0 fully saturated rings. The van der Waals surface area contributed by atoms with Crippen molar-refractivity contribution in [2.45, 2.75) is 32.1 Å². The first-order valence-corrected chi connectivity index (χ1v) is 12.5. The summed E-state index contributed by atoms with van der Waals surface area (Å²) in [6, 6.07) is 14.6. The van der Waals surface area contributed by atoms with E-state index in [4.69, 9.17) is 14.0 Å². The van der Waals surface area contributed by atoms with E-state index in [-0.39, 0.29) is 36.6 Å². The minimum Gasteiger partial charge on any atom is -0.396 e. The Hall–Kier alpha value is -2.72. The molecule has 2 aromatic carbocycles. The van der Waals surface area contributed by atoms with Gasteiger partial charge in [0, 0.05) is 24.8 Å². The van der Waals surface area contributed by atoms with Gasteiger partial charge >= 0.3 is 0 Å². The third-order valence-electron chi connectivity index (χ3n) is 5.62. The van der Waals surface area contributed by atoms with E-state index in [0.717, 1.165) is 21.9 Å². The number of aliphatic hydroxyl groups is 1. The highest BCUT2D eigenvalue weighted by molar-refractivity contribution is 7.93. The average Bonchev–Trinajstić information content (AvgIpc) is 3.17. The van der Waals surface area contributed by atoms with Gasteiger partial charge in [-0.25, -0.2) is 12.7 Å². The number of aliphatic hydroxyl groups excluding tert-OH is 1. The van der Waals surface area contributed by atoms with Crippen molar-refractivity contribution in [1.29, 1.82) is 0 Å². The molecular formula is C25H32N2O6S. The van der Waals surface area contributed by atoms with E-state index in [1.165, 1.54) is 0 Å². The number of nitrogens with zero attached hydrogens (tertiary/aromatic N) is 2. The molecule has 0 amide bonds. The molecule has 1 N–H and O–H groups in total. The summed E-state index contributed by atoms with van der Waals surface area (Å²) in [4.78, 5) is 0.135. The van der Waals surface area contributed by atoms with E-state index in [1.807, 2.05) is 31.2 Å². The second-order valence-corrected chi connectivity index (χ2v) is 10.1. The van der Waals surface area contributed by atoms with Crippen molar-refractivity contribution in [3.05, 3.63) is 65.4 Å². The molecule has 3 aromatic rings. The lowest BCUT2D eigenvalue weighted by molar-refractivity contribution is 0.0744. The predicted molar refractivity (Wildman–Crippen MR) is 130 cm³/mol. The first-order valence-electron chi connectivity index (χ1n) is 11.1. The normalized spacial score (nSPS) is 12.6. The van der Waals surface area contributed by atoms with E-state index in [1.54, 1.807) is 45.2 Å². The van der Waals surface area contributed by atoms with Crippen LogP contribution < -0.4 is 4.31 Å². The van der Waals surface area contributed by atoms with Gasteiger partial charge in [0.2, 0.25) is 5.88 Å². The summed E-state index contributed by atoms with van der Waals surface area (Å²) in [6.07, 6.45) is 0.743. The van der Waals surface area contributed by atoms with Crippen LogP contribution in [0.2, 0.25) is 0 Å². The Morgan fingerprint density at radius 3 is 2.41 bits per heavy atom. The van der Waals surface area contributed by atoms with Crippen LogP contribution in [0.1, 0.15) is 23.7 Å². The number of aryl methyl sites for hydroxylation is 1. The van der Waals surface area contributed by atoms with E-state index in [0.29, 0.717) is 23.4 Å². The fourth-order valence-corrected chi connectivity index (χ4v) is 5.05. The molecule has 0 bridgehead atoms. The number of benzene rings is 2.